The molecule has 2 heteroatoms. The molecule has 0 bridgehead atoms. The summed E-state index contributed by atoms with van der Waals surface area (Å²) in [6.07, 6.45) is 0. The van der Waals surface area contributed by atoms with Crippen molar-refractivity contribution in [1.82, 2.24) is 4.40 Å². The fraction of sp³-hybridized carbons (Fsp3) is 0.0476. The third-order valence-corrected chi connectivity index (χ3v) is 6.12. The predicted molar refractivity (Wildman–Crippen MR) is 101 cm³/mol. The Morgan fingerprint density at radius 1 is 0.783 bits per heavy atom. The molecule has 0 radical (unpaired) electrons. The average Bonchev–Trinajstić information content (AvgIpc) is 3.19. The van der Waals surface area contributed by atoms with Crippen molar-refractivity contribution in [2.45, 2.75) is 6.92 Å². The molecule has 6 rings (SSSR count). The first kappa shape index (κ1) is 11.9. The first-order valence-electron chi connectivity index (χ1n) is 7.89. The molecule has 0 N–H and O–H groups in total. The fourth-order valence-corrected chi connectivity index (χ4v) is 5.33. The molecule has 0 aliphatic carbocycles. The molecule has 0 unspecified atom stereocenters. The van der Waals surface area contributed by atoms with E-state index in [0.29, 0.717) is 0 Å². The molecule has 0 saturated heterocycles. The Balaban J connectivity index is 2.09. The van der Waals surface area contributed by atoms with Gasteiger partial charge in [-0.25, -0.2) is 0 Å². The Morgan fingerprint density at radius 3 is 2.43 bits per heavy atom. The van der Waals surface area contributed by atoms with Crippen LogP contribution in [0.15, 0.2) is 60.7 Å². The summed E-state index contributed by atoms with van der Waals surface area (Å²) in [7, 11) is 0. The second-order valence-corrected chi connectivity index (χ2v) is 7.37. The first-order valence-corrected chi connectivity index (χ1v) is 8.70. The van der Waals surface area contributed by atoms with Crippen molar-refractivity contribution < 1.29 is 0 Å². The van der Waals surface area contributed by atoms with Crippen LogP contribution in [0.2, 0.25) is 0 Å². The van der Waals surface area contributed by atoms with Gasteiger partial charge in [-0.1, -0.05) is 36.4 Å². The van der Waals surface area contributed by atoms with E-state index in [1.807, 2.05) is 11.3 Å². The number of fused-ring (bicyclic) bond motifs is 8. The van der Waals surface area contributed by atoms with Crippen molar-refractivity contribution in [2.24, 2.45) is 0 Å². The minimum atomic E-state index is 1.32. The predicted octanol–water partition coefficient (Wildman–Crippen LogP) is 6.36. The van der Waals surface area contributed by atoms with Crippen molar-refractivity contribution in [1.29, 1.82) is 0 Å². The number of nitrogens with zero attached hydrogens (tertiary/aromatic N) is 1. The van der Waals surface area contributed by atoms with E-state index in [9.17, 15) is 0 Å². The van der Waals surface area contributed by atoms with E-state index in [4.69, 9.17) is 0 Å². The molecule has 3 heterocycles. The lowest BCUT2D eigenvalue weighted by molar-refractivity contribution is 1.39. The van der Waals surface area contributed by atoms with Crippen molar-refractivity contribution in [3.8, 4) is 0 Å². The quantitative estimate of drug-likeness (QED) is 0.307. The summed E-state index contributed by atoms with van der Waals surface area (Å²) in [4.78, 5) is 1.37. The van der Waals surface area contributed by atoms with Gasteiger partial charge in [0, 0.05) is 31.6 Å². The summed E-state index contributed by atoms with van der Waals surface area (Å²) in [6.45, 7) is 2.20. The number of hydrogen-bond donors (Lipinski definition) is 0. The van der Waals surface area contributed by atoms with Gasteiger partial charge in [-0.3, -0.25) is 4.40 Å². The molecule has 0 amide bonds. The zero-order valence-corrected chi connectivity index (χ0v) is 13.4. The molecule has 1 nitrogen and oxygen atoms in total. The lowest BCUT2D eigenvalue weighted by atomic mass is 10.0. The third-order valence-electron chi connectivity index (χ3n) is 4.96. The maximum Gasteiger partial charge on any atom is 0.109 e. The molecule has 108 valence electrons. The maximum atomic E-state index is 2.47. The Kier molecular flexibility index (Phi) is 1.99. The van der Waals surface area contributed by atoms with Crippen LogP contribution >= 0.6 is 11.3 Å². The summed E-state index contributed by atoms with van der Waals surface area (Å²) >= 11 is 1.90. The van der Waals surface area contributed by atoms with Gasteiger partial charge in [0.2, 0.25) is 0 Å². The van der Waals surface area contributed by atoms with E-state index in [0.717, 1.165) is 0 Å². The van der Waals surface area contributed by atoms with E-state index >= 15 is 0 Å². The molecule has 0 aliphatic rings. The minimum Gasteiger partial charge on any atom is -0.299 e. The number of para-hydroxylation sites is 1. The lowest BCUT2D eigenvalue weighted by Crippen LogP contribution is -1.76. The van der Waals surface area contributed by atoms with Gasteiger partial charge in [-0.2, -0.15) is 0 Å². The lowest BCUT2D eigenvalue weighted by Gasteiger charge is -1.97. The molecule has 0 aliphatic heterocycles. The number of aryl methyl sites for hydroxylation is 1. The van der Waals surface area contributed by atoms with Gasteiger partial charge in [0.1, 0.15) is 4.83 Å². The van der Waals surface area contributed by atoms with E-state index in [-0.39, 0.29) is 0 Å². The third kappa shape index (κ3) is 1.30. The highest BCUT2D eigenvalue weighted by atomic mass is 32.1. The van der Waals surface area contributed by atoms with Gasteiger partial charge in [0.15, 0.2) is 0 Å². The van der Waals surface area contributed by atoms with Crippen LogP contribution in [0.4, 0.5) is 0 Å². The van der Waals surface area contributed by atoms with Gasteiger partial charge in [-0.15, -0.1) is 11.3 Å². The topological polar surface area (TPSA) is 4.41 Å². The van der Waals surface area contributed by atoms with Crippen molar-refractivity contribution in [3.05, 3.63) is 66.2 Å². The monoisotopic (exact) mass is 311 g/mol. The molecular weight excluding hydrogens is 298 g/mol. The van der Waals surface area contributed by atoms with Crippen LogP contribution in [0.25, 0.3) is 47.5 Å². The standard InChI is InChI=1S/C21H13NS/c1-12-10-15-13-6-2-4-8-17(13)22-20(15)16(11-12)19-14-7-3-5-9-18(14)23-21(19)22/h2-11H,1H3. The maximum absolute atomic E-state index is 2.47. The average molecular weight is 311 g/mol. The number of rotatable bonds is 0. The molecule has 23 heavy (non-hydrogen) atoms. The number of thiophene rings is 1. The summed E-state index contributed by atoms with van der Waals surface area (Å²) in [5.41, 5.74) is 4.03. The Bertz CT molecular complexity index is 1360. The summed E-state index contributed by atoms with van der Waals surface area (Å²) in [5, 5.41) is 6.93. The molecule has 0 fully saturated rings. The molecule has 3 aromatic carbocycles. The normalized spacial score (nSPS) is 12.6. The van der Waals surface area contributed by atoms with Crippen LogP contribution in [0.1, 0.15) is 5.56 Å². The van der Waals surface area contributed by atoms with Crippen LogP contribution in [0.3, 0.4) is 0 Å². The Morgan fingerprint density at radius 2 is 1.52 bits per heavy atom. The van der Waals surface area contributed by atoms with Gasteiger partial charge >= 0.3 is 0 Å². The molecule has 3 aromatic heterocycles. The van der Waals surface area contributed by atoms with Gasteiger partial charge in [0.05, 0.1) is 11.0 Å². The highest BCUT2D eigenvalue weighted by Gasteiger charge is 2.20. The van der Waals surface area contributed by atoms with E-state index < -0.39 is 0 Å². The van der Waals surface area contributed by atoms with Gasteiger partial charge in [0.25, 0.3) is 0 Å². The van der Waals surface area contributed by atoms with E-state index in [2.05, 4.69) is 72.0 Å². The van der Waals surface area contributed by atoms with Crippen molar-refractivity contribution >= 4 is 58.8 Å². The fourth-order valence-electron chi connectivity index (χ4n) is 4.09. The Labute approximate surface area is 136 Å². The first-order chi connectivity index (χ1) is 11.3. The zero-order chi connectivity index (χ0) is 15.1. The van der Waals surface area contributed by atoms with Crippen LogP contribution in [0.5, 0.6) is 0 Å². The van der Waals surface area contributed by atoms with Crippen LogP contribution in [0, 0.1) is 6.92 Å². The van der Waals surface area contributed by atoms with Crippen LogP contribution < -0.4 is 0 Å². The summed E-state index contributed by atoms with van der Waals surface area (Å²) < 4.78 is 3.84. The van der Waals surface area contributed by atoms with Crippen molar-refractivity contribution in [3.63, 3.8) is 0 Å². The number of aromatic nitrogens is 1. The minimum absolute atomic E-state index is 1.32. The highest BCUT2D eigenvalue weighted by Crippen LogP contribution is 2.45. The molecule has 0 atom stereocenters. The highest BCUT2D eigenvalue weighted by molar-refractivity contribution is 7.25. The Hall–Kier alpha value is -2.58. The smallest absolute Gasteiger partial charge is 0.109 e. The van der Waals surface area contributed by atoms with Crippen LogP contribution in [-0.2, 0) is 0 Å². The summed E-state index contributed by atoms with van der Waals surface area (Å²) in [6, 6.07) is 22.2. The zero-order valence-electron chi connectivity index (χ0n) is 12.6. The molecule has 6 aromatic rings. The van der Waals surface area contributed by atoms with E-state index in [1.165, 1.54) is 53.1 Å². The van der Waals surface area contributed by atoms with Gasteiger partial charge < -0.3 is 0 Å². The molecular formula is C21H13NS. The number of hydrogen-bond acceptors (Lipinski definition) is 1. The van der Waals surface area contributed by atoms with E-state index in [1.54, 1.807) is 0 Å². The number of benzene rings is 3. The second kappa shape index (κ2) is 3.84. The summed E-state index contributed by atoms with van der Waals surface area (Å²) in [5.74, 6) is 0. The largest absolute Gasteiger partial charge is 0.299 e. The SMILES string of the molecule is Cc1cc2c3ccccc3n3c4sc5ccccc5c4c(c1)c23. The molecule has 0 saturated carbocycles. The second-order valence-electron chi connectivity index (χ2n) is 6.34. The van der Waals surface area contributed by atoms with Crippen molar-refractivity contribution in [2.75, 3.05) is 0 Å². The van der Waals surface area contributed by atoms with Gasteiger partial charge in [-0.05, 0) is 36.8 Å². The molecule has 0 spiro atoms. The van der Waals surface area contributed by atoms with Crippen LogP contribution in [-0.4, -0.2) is 4.40 Å².